The van der Waals surface area contributed by atoms with Crippen LogP contribution in [-0.2, 0) is 6.42 Å². The maximum absolute atomic E-state index is 11.8. The number of phenolic OH excluding ortho intramolecular Hbond substituents is 1. The molecule has 0 saturated carbocycles. The van der Waals surface area contributed by atoms with E-state index in [4.69, 9.17) is 5.11 Å². The van der Waals surface area contributed by atoms with Crippen LogP contribution in [0.5, 0.6) is 5.75 Å². The molecule has 0 amide bonds. The average molecular weight is 172 g/mol. The molecule has 1 N–H and O–H groups in total. The molecule has 1 aromatic carbocycles. The lowest BCUT2D eigenvalue weighted by Gasteiger charge is -2.00. The van der Waals surface area contributed by atoms with Crippen molar-refractivity contribution in [1.29, 1.82) is 0 Å². The molecule has 0 bridgehead atoms. The molecule has 1 rings (SSSR count). The number of phenols is 1. The first kappa shape index (κ1) is 8.97. The Morgan fingerprint density at radius 3 is 2.25 bits per heavy atom. The molecular formula is C9H10F2O. The van der Waals surface area contributed by atoms with Crippen LogP contribution in [-0.4, -0.2) is 11.5 Å². The Morgan fingerprint density at radius 1 is 1.17 bits per heavy atom. The van der Waals surface area contributed by atoms with Crippen LogP contribution in [0.3, 0.4) is 0 Å². The Balaban J connectivity index is 2.48. The fraction of sp³-hybridized carbons (Fsp3) is 0.333. The normalized spacial score (nSPS) is 10.6. The summed E-state index contributed by atoms with van der Waals surface area (Å²) >= 11 is 0. The first-order chi connectivity index (χ1) is 5.68. The van der Waals surface area contributed by atoms with Gasteiger partial charge in [0.15, 0.2) is 0 Å². The molecule has 0 aliphatic rings. The summed E-state index contributed by atoms with van der Waals surface area (Å²) < 4.78 is 23.5. The molecule has 0 aromatic heterocycles. The van der Waals surface area contributed by atoms with Crippen molar-refractivity contribution in [2.75, 3.05) is 0 Å². The van der Waals surface area contributed by atoms with Crippen molar-refractivity contribution in [3.63, 3.8) is 0 Å². The molecule has 0 unspecified atom stereocenters. The standard InChI is InChI=1S/C9H10F2O/c10-9(11)6-3-7-1-4-8(12)5-2-7/h1-2,4-5,9,12H,3,6H2. The van der Waals surface area contributed by atoms with Crippen LogP contribution in [0.4, 0.5) is 8.78 Å². The highest BCUT2D eigenvalue weighted by molar-refractivity contribution is 5.25. The van der Waals surface area contributed by atoms with Gasteiger partial charge in [-0.05, 0) is 24.1 Å². The number of hydrogen-bond donors (Lipinski definition) is 1. The molecule has 66 valence electrons. The number of rotatable bonds is 3. The lowest BCUT2D eigenvalue weighted by Crippen LogP contribution is -1.93. The molecule has 0 radical (unpaired) electrons. The average Bonchev–Trinajstić information content (AvgIpc) is 2.03. The molecule has 0 spiro atoms. The van der Waals surface area contributed by atoms with Gasteiger partial charge in [0.05, 0.1) is 0 Å². The van der Waals surface area contributed by atoms with E-state index in [2.05, 4.69) is 0 Å². The Morgan fingerprint density at radius 2 is 1.75 bits per heavy atom. The Bertz CT molecular complexity index is 231. The van der Waals surface area contributed by atoms with Crippen molar-refractivity contribution in [2.45, 2.75) is 19.3 Å². The molecule has 3 heteroatoms. The zero-order valence-corrected chi connectivity index (χ0v) is 6.50. The lowest BCUT2D eigenvalue weighted by atomic mass is 10.1. The fourth-order valence-electron chi connectivity index (χ4n) is 0.938. The van der Waals surface area contributed by atoms with E-state index in [0.29, 0.717) is 6.42 Å². The summed E-state index contributed by atoms with van der Waals surface area (Å²) in [4.78, 5) is 0. The van der Waals surface area contributed by atoms with Gasteiger partial charge in [-0.3, -0.25) is 0 Å². The van der Waals surface area contributed by atoms with Crippen molar-refractivity contribution in [2.24, 2.45) is 0 Å². The van der Waals surface area contributed by atoms with Crippen LogP contribution in [0, 0.1) is 0 Å². The summed E-state index contributed by atoms with van der Waals surface area (Å²) in [5.74, 6) is 0.163. The van der Waals surface area contributed by atoms with Crippen LogP contribution in [0.2, 0.25) is 0 Å². The van der Waals surface area contributed by atoms with Gasteiger partial charge in [-0.2, -0.15) is 0 Å². The summed E-state index contributed by atoms with van der Waals surface area (Å²) in [6.45, 7) is 0. The van der Waals surface area contributed by atoms with Gasteiger partial charge in [-0.1, -0.05) is 12.1 Å². The van der Waals surface area contributed by atoms with E-state index in [1.807, 2.05) is 0 Å². The van der Waals surface area contributed by atoms with Gasteiger partial charge >= 0.3 is 0 Å². The Kier molecular flexibility index (Phi) is 3.02. The van der Waals surface area contributed by atoms with Crippen LogP contribution < -0.4 is 0 Å². The third-order valence-corrected chi connectivity index (χ3v) is 1.59. The smallest absolute Gasteiger partial charge is 0.239 e. The first-order valence-electron chi connectivity index (χ1n) is 3.74. The molecule has 12 heavy (non-hydrogen) atoms. The molecule has 0 saturated heterocycles. The molecule has 0 aliphatic carbocycles. The number of halogens is 2. The van der Waals surface area contributed by atoms with Gasteiger partial charge in [0.2, 0.25) is 6.43 Å². The molecule has 1 nitrogen and oxygen atoms in total. The SMILES string of the molecule is Oc1ccc(CCC(F)F)cc1. The quantitative estimate of drug-likeness (QED) is 0.742. The maximum atomic E-state index is 11.8. The van der Waals surface area contributed by atoms with Crippen LogP contribution in [0.1, 0.15) is 12.0 Å². The molecule has 0 heterocycles. The number of aryl methyl sites for hydroxylation is 1. The Hall–Kier alpha value is -1.12. The third kappa shape index (κ3) is 2.86. The van der Waals surface area contributed by atoms with E-state index in [-0.39, 0.29) is 12.2 Å². The summed E-state index contributed by atoms with van der Waals surface area (Å²) in [5.41, 5.74) is 0.827. The van der Waals surface area contributed by atoms with E-state index in [0.717, 1.165) is 5.56 Å². The largest absolute Gasteiger partial charge is 0.508 e. The number of benzene rings is 1. The van der Waals surface area contributed by atoms with Gasteiger partial charge in [-0.25, -0.2) is 8.78 Å². The zero-order valence-electron chi connectivity index (χ0n) is 6.50. The van der Waals surface area contributed by atoms with Crippen molar-refractivity contribution in [3.05, 3.63) is 29.8 Å². The van der Waals surface area contributed by atoms with Gasteiger partial charge < -0.3 is 5.11 Å². The third-order valence-electron chi connectivity index (χ3n) is 1.59. The van der Waals surface area contributed by atoms with Crippen LogP contribution >= 0.6 is 0 Å². The molecule has 0 fully saturated rings. The van der Waals surface area contributed by atoms with Crippen molar-refractivity contribution < 1.29 is 13.9 Å². The van der Waals surface area contributed by atoms with E-state index < -0.39 is 6.43 Å². The van der Waals surface area contributed by atoms with Crippen molar-refractivity contribution in [1.82, 2.24) is 0 Å². The second kappa shape index (κ2) is 4.04. The number of hydrogen-bond acceptors (Lipinski definition) is 1. The predicted octanol–water partition coefficient (Wildman–Crippen LogP) is 2.59. The Labute approximate surface area is 69.7 Å². The fourth-order valence-corrected chi connectivity index (χ4v) is 0.938. The highest BCUT2D eigenvalue weighted by Crippen LogP contribution is 2.12. The van der Waals surface area contributed by atoms with E-state index >= 15 is 0 Å². The topological polar surface area (TPSA) is 20.2 Å². The lowest BCUT2D eigenvalue weighted by molar-refractivity contribution is 0.138. The minimum Gasteiger partial charge on any atom is -0.508 e. The van der Waals surface area contributed by atoms with Crippen LogP contribution in [0.15, 0.2) is 24.3 Å². The zero-order chi connectivity index (χ0) is 8.97. The predicted molar refractivity (Wildman–Crippen MR) is 42.4 cm³/mol. The van der Waals surface area contributed by atoms with E-state index in [9.17, 15) is 8.78 Å². The van der Waals surface area contributed by atoms with E-state index in [1.54, 1.807) is 12.1 Å². The van der Waals surface area contributed by atoms with E-state index in [1.165, 1.54) is 12.1 Å². The van der Waals surface area contributed by atoms with Gasteiger partial charge in [0, 0.05) is 6.42 Å². The molecule has 1 aromatic rings. The number of alkyl halides is 2. The van der Waals surface area contributed by atoms with Crippen molar-refractivity contribution >= 4 is 0 Å². The minimum absolute atomic E-state index is 0.120. The molecular weight excluding hydrogens is 162 g/mol. The van der Waals surface area contributed by atoms with Gasteiger partial charge in [-0.15, -0.1) is 0 Å². The van der Waals surface area contributed by atoms with Crippen molar-refractivity contribution in [3.8, 4) is 5.75 Å². The van der Waals surface area contributed by atoms with Gasteiger partial charge in [0.1, 0.15) is 5.75 Å². The summed E-state index contributed by atoms with van der Waals surface area (Å²) in [6, 6.07) is 6.30. The first-order valence-corrected chi connectivity index (χ1v) is 3.74. The van der Waals surface area contributed by atoms with Gasteiger partial charge in [0.25, 0.3) is 0 Å². The second-order valence-corrected chi connectivity index (χ2v) is 2.60. The maximum Gasteiger partial charge on any atom is 0.239 e. The summed E-state index contributed by atoms with van der Waals surface area (Å²) in [7, 11) is 0. The number of aromatic hydroxyl groups is 1. The molecule has 0 aliphatic heterocycles. The molecule has 0 atom stereocenters. The second-order valence-electron chi connectivity index (χ2n) is 2.60. The highest BCUT2D eigenvalue weighted by atomic mass is 19.3. The highest BCUT2D eigenvalue weighted by Gasteiger charge is 2.02. The summed E-state index contributed by atoms with van der Waals surface area (Å²) in [5, 5.41) is 8.89. The van der Waals surface area contributed by atoms with Crippen LogP contribution in [0.25, 0.3) is 0 Å². The monoisotopic (exact) mass is 172 g/mol. The summed E-state index contributed by atoms with van der Waals surface area (Å²) in [6.07, 6.45) is -2.01. The minimum atomic E-state index is -2.25.